The minimum absolute atomic E-state index is 0.610. The van der Waals surface area contributed by atoms with E-state index in [2.05, 4.69) is 39.4 Å². The number of thiophene rings is 1. The van der Waals surface area contributed by atoms with Gasteiger partial charge in [-0.05, 0) is 36.8 Å². The van der Waals surface area contributed by atoms with Crippen LogP contribution in [0.25, 0.3) is 0 Å². The number of imidazole rings is 1. The van der Waals surface area contributed by atoms with Gasteiger partial charge in [-0.25, -0.2) is 4.98 Å². The van der Waals surface area contributed by atoms with Crippen LogP contribution < -0.4 is 5.32 Å². The van der Waals surface area contributed by atoms with E-state index in [-0.39, 0.29) is 0 Å². The second-order valence-corrected chi connectivity index (χ2v) is 6.39. The van der Waals surface area contributed by atoms with Crippen molar-refractivity contribution in [3.63, 3.8) is 0 Å². The van der Waals surface area contributed by atoms with Gasteiger partial charge in [0.15, 0.2) is 0 Å². The summed E-state index contributed by atoms with van der Waals surface area (Å²) in [5, 5.41) is 5.78. The van der Waals surface area contributed by atoms with Crippen LogP contribution in [0.3, 0.4) is 0 Å². The van der Waals surface area contributed by atoms with Gasteiger partial charge < -0.3 is 9.88 Å². The van der Waals surface area contributed by atoms with E-state index in [1.165, 1.54) is 42.5 Å². The van der Waals surface area contributed by atoms with Gasteiger partial charge in [-0.2, -0.15) is 0 Å². The minimum atomic E-state index is 0.610. The molecule has 0 radical (unpaired) electrons. The maximum atomic E-state index is 4.48. The Morgan fingerprint density at radius 3 is 2.95 bits per heavy atom. The number of rotatable bonds is 4. The van der Waals surface area contributed by atoms with Crippen molar-refractivity contribution in [3.8, 4) is 0 Å². The van der Waals surface area contributed by atoms with Crippen molar-refractivity contribution in [2.45, 2.75) is 51.6 Å². The standard InChI is InChI=1S/C15H21N3S/c1-12-7-10-19-14(12)11-18-9-8-16-15(18)17-13-5-3-2-4-6-13/h7-10,13H,2-6,11H2,1H3,(H,16,17). The van der Waals surface area contributed by atoms with Crippen LogP contribution in [0.15, 0.2) is 23.8 Å². The molecule has 3 rings (SSSR count). The molecular weight excluding hydrogens is 254 g/mol. The van der Waals surface area contributed by atoms with Crippen LogP contribution in [0.4, 0.5) is 5.95 Å². The summed E-state index contributed by atoms with van der Waals surface area (Å²) in [6.45, 7) is 3.11. The lowest BCUT2D eigenvalue weighted by Gasteiger charge is -2.23. The van der Waals surface area contributed by atoms with Gasteiger partial charge in [0.1, 0.15) is 0 Å². The van der Waals surface area contributed by atoms with Crippen molar-refractivity contribution < 1.29 is 0 Å². The molecule has 0 aromatic carbocycles. The van der Waals surface area contributed by atoms with E-state index in [0.29, 0.717) is 6.04 Å². The van der Waals surface area contributed by atoms with E-state index >= 15 is 0 Å². The lowest BCUT2D eigenvalue weighted by Crippen LogP contribution is -2.24. The van der Waals surface area contributed by atoms with E-state index < -0.39 is 0 Å². The van der Waals surface area contributed by atoms with Crippen molar-refractivity contribution in [2.75, 3.05) is 5.32 Å². The van der Waals surface area contributed by atoms with Crippen molar-refractivity contribution in [3.05, 3.63) is 34.3 Å². The number of aryl methyl sites for hydroxylation is 1. The molecule has 0 amide bonds. The van der Waals surface area contributed by atoms with Crippen molar-refractivity contribution in [2.24, 2.45) is 0 Å². The summed E-state index contributed by atoms with van der Waals surface area (Å²) in [5.74, 6) is 1.03. The Bertz CT molecular complexity index is 523. The van der Waals surface area contributed by atoms with E-state index in [1.807, 2.05) is 17.5 Å². The molecule has 3 nitrogen and oxygen atoms in total. The third-order valence-corrected chi connectivity index (χ3v) is 4.94. The lowest BCUT2D eigenvalue weighted by atomic mass is 9.96. The third-order valence-electron chi connectivity index (χ3n) is 3.94. The third kappa shape index (κ3) is 3.00. The first-order valence-electron chi connectivity index (χ1n) is 7.13. The molecule has 1 fully saturated rings. The van der Waals surface area contributed by atoms with Gasteiger partial charge in [0.25, 0.3) is 0 Å². The summed E-state index contributed by atoms with van der Waals surface area (Å²) in [6, 6.07) is 2.80. The van der Waals surface area contributed by atoms with Gasteiger partial charge in [0.05, 0.1) is 6.54 Å². The van der Waals surface area contributed by atoms with E-state index in [0.717, 1.165) is 12.5 Å². The van der Waals surface area contributed by atoms with Crippen molar-refractivity contribution in [1.29, 1.82) is 0 Å². The maximum absolute atomic E-state index is 4.48. The molecule has 1 aliphatic rings. The fraction of sp³-hybridized carbons (Fsp3) is 0.533. The topological polar surface area (TPSA) is 29.9 Å². The molecule has 2 aromatic heterocycles. The predicted octanol–water partition coefficient (Wildman–Crippen LogP) is 4.05. The van der Waals surface area contributed by atoms with Crippen molar-refractivity contribution in [1.82, 2.24) is 9.55 Å². The first-order valence-corrected chi connectivity index (χ1v) is 8.01. The lowest BCUT2D eigenvalue weighted by molar-refractivity contribution is 0.459. The fourth-order valence-corrected chi connectivity index (χ4v) is 3.63. The summed E-state index contributed by atoms with van der Waals surface area (Å²) in [6.07, 6.45) is 10.6. The fourth-order valence-electron chi connectivity index (χ4n) is 2.73. The van der Waals surface area contributed by atoms with Gasteiger partial charge in [0, 0.05) is 23.3 Å². The van der Waals surface area contributed by atoms with Gasteiger partial charge in [-0.1, -0.05) is 19.3 Å². The SMILES string of the molecule is Cc1ccsc1Cn1ccnc1NC1CCCCC1. The molecule has 102 valence electrons. The molecule has 0 unspecified atom stereocenters. The highest BCUT2D eigenvalue weighted by Gasteiger charge is 2.15. The van der Waals surface area contributed by atoms with Crippen LogP contribution in [0, 0.1) is 6.92 Å². The maximum Gasteiger partial charge on any atom is 0.203 e. The number of aromatic nitrogens is 2. The Balaban J connectivity index is 1.69. The van der Waals surface area contributed by atoms with E-state index in [1.54, 1.807) is 0 Å². The van der Waals surface area contributed by atoms with Crippen molar-refractivity contribution >= 4 is 17.3 Å². The molecule has 0 bridgehead atoms. The van der Waals surface area contributed by atoms with Crippen LogP contribution in [-0.2, 0) is 6.54 Å². The smallest absolute Gasteiger partial charge is 0.203 e. The Morgan fingerprint density at radius 1 is 1.37 bits per heavy atom. The highest BCUT2D eigenvalue weighted by molar-refractivity contribution is 7.10. The second-order valence-electron chi connectivity index (χ2n) is 5.38. The number of anilines is 1. The molecule has 2 heterocycles. The zero-order valence-corrected chi connectivity index (χ0v) is 12.2. The Morgan fingerprint density at radius 2 is 2.21 bits per heavy atom. The zero-order valence-electron chi connectivity index (χ0n) is 11.4. The molecule has 0 spiro atoms. The number of hydrogen-bond donors (Lipinski definition) is 1. The second kappa shape index (κ2) is 5.78. The van der Waals surface area contributed by atoms with E-state index in [4.69, 9.17) is 0 Å². The summed E-state index contributed by atoms with van der Waals surface area (Å²) in [7, 11) is 0. The Labute approximate surface area is 118 Å². The molecule has 0 aliphatic heterocycles. The van der Waals surface area contributed by atoms with Gasteiger partial charge >= 0.3 is 0 Å². The van der Waals surface area contributed by atoms with Crippen LogP contribution in [0.2, 0.25) is 0 Å². The van der Waals surface area contributed by atoms with Crippen LogP contribution in [0.5, 0.6) is 0 Å². The first kappa shape index (κ1) is 12.7. The summed E-state index contributed by atoms with van der Waals surface area (Å²) in [5.41, 5.74) is 1.38. The highest BCUT2D eigenvalue weighted by Crippen LogP contribution is 2.22. The largest absolute Gasteiger partial charge is 0.353 e. The molecule has 1 saturated carbocycles. The Kier molecular flexibility index (Phi) is 3.87. The molecule has 0 saturated heterocycles. The minimum Gasteiger partial charge on any atom is -0.353 e. The molecule has 19 heavy (non-hydrogen) atoms. The highest BCUT2D eigenvalue weighted by atomic mass is 32.1. The molecule has 1 aliphatic carbocycles. The van der Waals surface area contributed by atoms with Crippen LogP contribution >= 0.6 is 11.3 Å². The molecule has 1 N–H and O–H groups in total. The van der Waals surface area contributed by atoms with Gasteiger partial charge in [-0.3, -0.25) is 0 Å². The summed E-state index contributed by atoms with van der Waals surface area (Å²) in [4.78, 5) is 5.90. The normalized spacial score (nSPS) is 16.7. The first-order chi connectivity index (χ1) is 9.33. The predicted molar refractivity (Wildman–Crippen MR) is 80.9 cm³/mol. The quantitative estimate of drug-likeness (QED) is 0.912. The van der Waals surface area contributed by atoms with Crippen LogP contribution in [0.1, 0.15) is 42.5 Å². The Hall–Kier alpha value is -1.29. The molecule has 4 heteroatoms. The number of nitrogens with zero attached hydrogens (tertiary/aromatic N) is 2. The van der Waals surface area contributed by atoms with Crippen LogP contribution in [-0.4, -0.2) is 15.6 Å². The van der Waals surface area contributed by atoms with Gasteiger partial charge in [-0.15, -0.1) is 11.3 Å². The molecule has 2 aromatic rings. The zero-order chi connectivity index (χ0) is 13.1. The number of nitrogens with one attached hydrogen (secondary N) is 1. The average molecular weight is 275 g/mol. The van der Waals surface area contributed by atoms with Gasteiger partial charge in [0.2, 0.25) is 5.95 Å². The summed E-state index contributed by atoms with van der Waals surface area (Å²) < 4.78 is 2.23. The summed E-state index contributed by atoms with van der Waals surface area (Å²) >= 11 is 1.83. The van der Waals surface area contributed by atoms with E-state index in [9.17, 15) is 0 Å². The monoisotopic (exact) mass is 275 g/mol. The molecule has 0 atom stereocenters. The number of hydrogen-bond acceptors (Lipinski definition) is 3. The average Bonchev–Trinajstić information content (AvgIpc) is 3.02. The molecular formula is C15H21N3S.